The van der Waals surface area contributed by atoms with Gasteiger partial charge in [0, 0.05) is 29.5 Å². The molecule has 0 radical (unpaired) electrons. The predicted octanol–water partition coefficient (Wildman–Crippen LogP) is 3.52. The predicted molar refractivity (Wildman–Crippen MR) is 72.3 cm³/mol. The van der Waals surface area contributed by atoms with Crippen molar-refractivity contribution in [2.45, 2.75) is 26.4 Å². The van der Waals surface area contributed by atoms with Crippen LogP contribution in [-0.4, -0.2) is 4.57 Å². The summed E-state index contributed by atoms with van der Waals surface area (Å²) in [5.41, 5.74) is 9.35. The van der Waals surface area contributed by atoms with Gasteiger partial charge in [-0.25, -0.2) is 0 Å². The Morgan fingerprint density at radius 3 is 2.76 bits per heavy atom. The summed E-state index contributed by atoms with van der Waals surface area (Å²) >= 11 is 6.23. The Balaban J connectivity index is 2.28. The summed E-state index contributed by atoms with van der Waals surface area (Å²) in [4.78, 5) is 0. The maximum atomic E-state index is 6.23. The van der Waals surface area contributed by atoms with E-state index in [1.165, 1.54) is 5.56 Å². The van der Waals surface area contributed by atoms with E-state index in [0.29, 0.717) is 0 Å². The van der Waals surface area contributed by atoms with Crippen LogP contribution in [0.15, 0.2) is 36.5 Å². The number of aromatic nitrogens is 1. The number of nitrogens with zero attached hydrogens (tertiary/aromatic N) is 1. The van der Waals surface area contributed by atoms with Gasteiger partial charge in [0.05, 0.1) is 0 Å². The molecular formula is C14H17ClN2. The van der Waals surface area contributed by atoms with Gasteiger partial charge in [-0.1, -0.05) is 23.7 Å². The minimum Gasteiger partial charge on any atom is -0.346 e. The van der Waals surface area contributed by atoms with E-state index in [0.717, 1.165) is 22.8 Å². The molecule has 1 atom stereocenters. The van der Waals surface area contributed by atoms with Gasteiger partial charge in [-0.15, -0.1) is 0 Å². The van der Waals surface area contributed by atoms with E-state index in [1.54, 1.807) is 0 Å². The topological polar surface area (TPSA) is 30.9 Å². The molecule has 3 heteroatoms. The van der Waals surface area contributed by atoms with Crippen LogP contribution in [0, 0.1) is 6.92 Å². The highest BCUT2D eigenvalue weighted by Gasteiger charge is 2.07. The molecule has 0 aliphatic rings. The fraction of sp³-hybridized carbons (Fsp3) is 0.286. The van der Waals surface area contributed by atoms with Crippen LogP contribution in [-0.2, 0) is 6.54 Å². The molecule has 2 nitrogen and oxygen atoms in total. The molecule has 0 fully saturated rings. The molecule has 2 rings (SSSR count). The molecule has 1 aromatic heterocycles. The van der Waals surface area contributed by atoms with Crippen molar-refractivity contribution in [2.75, 3.05) is 0 Å². The molecule has 2 N–H and O–H groups in total. The number of benzene rings is 1. The summed E-state index contributed by atoms with van der Waals surface area (Å²) in [5.74, 6) is 0. The third-order valence-corrected chi connectivity index (χ3v) is 3.23. The Kier molecular flexibility index (Phi) is 3.55. The van der Waals surface area contributed by atoms with E-state index in [4.69, 9.17) is 17.3 Å². The van der Waals surface area contributed by atoms with E-state index in [-0.39, 0.29) is 6.04 Å². The van der Waals surface area contributed by atoms with Gasteiger partial charge in [0.25, 0.3) is 0 Å². The van der Waals surface area contributed by atoms with E-state index >= 15 is 0 Å². The van der Waals surface area contributed by atoms with Gasteiger partial charge in [0.1, 0.15) is 0 Å². The summed E-state index contributed by atoms with van der Waals surface area (Å²) in [6.07, 6.45) is 2.04. The molecule has 90 valence electrons. The minimum absolute atomic E-state index is 0.0363. The Labute approximate surface area is 107 Å². The smallest absolute Gasteiger partial charge is 0.0488 e. The zero-order valence-corrected chi connectivity index (χ0v) is 10.9. The average Bonchev–Trinajstić information content (AvgIpc) is 2.70. The molecule has 1 heterocycles. The highest BCUT2D eigenvalue weighted by molar-refractivity contribution is 6.31. The lowest BCUT2D eigenvalue weighted by molar-refractivity contribution is 0.675. The quantitative estimate of drug-likeness (QED) is 0.885. The molecular weight excluding hydrogens is 232 g/mol. The maximum absolute atomic E-state index is 6.23. The van der Waals surface area contributed by atoms with Crippen molar-refractivity contribution in [1.82, 2.24) is 4.57 Å². The largest absolute Gasteiger partial charge is 0.346 e. The van der Waals surface area contributed by atoms with Gasteiger partial charge in [-0.05, 0) is 43.2 Å². The van der Waals surface area contributed by atoms with Gasteiger partial charge >= 0.3 is 0 Å². The molecule has 1 unspecified atom stereocenters. The van der Waals surface area contributed by atoms with Crippen molar-refractivity contribution in [3.8, 4) is 0 Å². The third kappa shape index (κ3) is 2.71. The number of halogens is 1. The van der Waals surface area contributed by atoms with Crippen molar-refractivity contribution in [2.24, 2.45) is 5.73 Å². The van der Waals surface area contributed by atoms with Crippen LogP contribution in [0.2, 0.25) is 5.02 Å². The molecule has 2 aromatic rings. The van der Waals surface area contributed by atoms with Gasteiger partial charge in [0.2, 0.25) is 0 Å². The highest BCUT2D eigenvalue weighted by atomic mass is 35.5. The fourth-order valence-electron chi connectivity index (χ4n) is 1.95. The van der Waals surface area contributed by atoms with E-state index in [9.17, 15) is 0 Å². The van der Waals surface area contributed by atoms with Crippen molar-refractivity contribution in [3.63, 3.8) is 0 Å². The van der Waals surface area contributed by atoms with Crippen LogP contribution in [0.4, 0.5) is 0 Å². The first-order valence-electron chi connectivity index (χ1n) is 5.73. The lowest BCUT2D eigenvalue weighted by atomic mass is 10.1. The van der Waals surface area contributed by atoms with Crippen molar-refractivity contribution < 1.29 is 0 Å². The van der Waals surface area contributed by atoms with Crippen LogP contribution in [0.25, 0.3) is 0 Å². The summed E-state index contributed by atoms with van der Waals surface area (Å²) < 4.78 is 2.14. The molecule has 1 aromatic carbocycles. The molecule has 0 amide bonds. The second-order valence-corrected chi connectivity index (χ2v) is 4.85. The van der Waals surface area contributed by atoms with Gasteiger partial charge in [-0.3, -0.25) is 0 Å². The first-order valence-corrected chi connectivity index (χ1v) is 6.11. The van der Waals surface area contributed by atoms with Crippen molar-refractivity contribution >= 4 is 11.6 Å². The first kappa shape index (κ1) is 12.2. The summed E-state index contributed by atoms with van der Waals surface area (Å²) in [5, 5.41) is 0.814. The number of hydrogen-bond acceptors (Lipinski definition) is 1. The van der Waals surface area contributed by atoms with Crippen LogP contribution in [0.5, 0.6) is 0 Å². The van der Waals surface area contributed by atoms with Crippen LogP contribution in [0.1, 0.15) is 29.8 Å². The zero-order valence-electron chi connectivity index (χ0n) is 10.2. The molecule has 0 saturated carbocycles. The third-order valence-electron chi connectivity index (χ3n) is 2.88. The minimum atomic E-state index is 0.0363. The SMILES string of the molecule is Cc1ccc(Cn2cccc2C(C)N)c(Cl)c1. The highest BCUT2D eigenvalue weighted by Crippen LogP contribution is 2.20. The number of aryl methyl sites for hydroxylation is 1. The van der Waals surface area contributed by atoms with Gasteiger partial charge in [-0.2, -0.15) is 0 Å². The Hall–Kier alpha value is -1.25. The monoisotopic (exact) mass is 248 g/mol. The van der Waals surface area contributed by atoms with E-state index < -0.39 is 0 Å². The number of nitrogens with two attached hydrogens (primary N) is 1. The van der Waals surface area contributed by atoms with Crippen LogP contribution >= 0.6 is 11.6 Å². The number of rotatable bonds is 3. The standard InChI is InChI=1S/C14H17ClN2/c1-10-5-6-12(13(15)8-10)9-17-7-3-4-14(17)11(2)16/h3-8,11H,9,16H2,1-2H3. The zero-order chi connectivity index (χ0) is 12.4. The molecule has 0 aliphatic heterocycles. The Morgan fingerprint density at radius 2 is 2.12 bits per heavy atom. The fourth-order valence-corrected chi connectivity index (χ4v) is 2.24. The maximum Gasteiger partial charge on any atom is 0.0488 e. The molecule has 0 bridgehead atoms. The van der Waals surface area contributed by atoms with Crippen molar-refractivity contribution in [3.05, 3.63) is 58.4 Å². The summed E-state index contributed by atoms with van der Waals surface area (Å²) in [6, 6.07) is 10.2. The summed E-state index contributed by atoms with van der Waals surface area (Å²) in [6.45, 7) is 4.80. The lowest BCUT2D eigenvalue weighted by Crippen LogP contribution is -2.12. The van der Waals surface area contributed by atoms with E-state index in [1.807, 2.05) is 38.2 Å². The average molecular weight is 249 g/mol. The molecule has 0 spiro atoms. The van der Waals surface area contributed by atoms with E-state index in [2.05, 4.69) is 16.7 Å². The summed E-state index contributed by atoms with van der Waals surface area (Å²) in [7, 11) is 0. The van der Waals surface area contributed by atoms with Crippen LogP contribution in [0.3, 0.4) is 0 Å². The number of hydrogen-bond donors (Lipinski definition) is 1. The molecule has 0 aliphatic carbocycles. The molecule has 17 heavy (non-hydrogen) atoms. The Morgan fingerprint density at radius 1 is 1.35 bits per heavy atom. The lowest BCUT2D eigenvalue weighted by Gasteiger charge is -2.13. The molecule has 0 saturated heterocycles. The van der Waals surface area contributed by atoms with Crippen LogP contribution < -0.4 is 5.73 Å². The normalized spacial score (nSPS) is 12.7. The van der Waals surface area contributed by atoms with Gasteiger partial charge in [0.15, 0.2) is 0 Å². The Bertz CT molecular complexity index is 515. The first-order chi connectivity index (χ1) is 8.08. The van der Waals surface area contributed by atoms with Gasteiger partial charge < -0.3 is 10.3 Å². The second kappa shape index (κ2) is 4.94. The van der Waals surface area contributed by atoms with Crippen molar-refractivity contribution in [1.29, 1.82) is 0 Å². The second-order valence-electron chi connectivity index (χ2n) is 4.44.